The van der Waals surface area contributed by atoms with Crippen molar-refractivity contribution < 1.29 is 9.53 Å². The summed E-state index contributed by atoms with van der Waals surface area (Å²) in [5, 5.41) is 3.43. The first kappa shape index (κ1) is 13.8. The van der Waals surface area contributed by atoms with E-state index in [1.807, 2.05) is 39.2 Å². The quantitative estimate of drug-likeness (QED) is 0.864. The number of anilines is 1. The van der Waals surface area contributed by atoms with E-state index in [0.29, 0.717) is 6.54 Å². The first-order valence-electron chi connectivity index (χ1n) is 6.81. The Morgan fingerprint density at radius 1 is 1.53 bits per heavy atom. The molecule has 1 aliphatic heterocycles. The van der Waals surface area contributed by atoms with Crippen molar-refractivity contribution in [2.24, 2.45) is 0 Å². The van der Waals surface area contributed by atoms with Crippen LogP contribution in [0.4, 0.5) is 10.5 Å². The van der Waals surface area contributed by atoms with Gasteiger partial charge in [-0.1, -0.05) is 0 Å². The number of piperidine rings is 1. The predicted octanol–water partition coefficient (Wildman–Crippen LogP) is 2.83. The maximum atomic E-state index is 12.0. The third kappa shape index (κ3) is 4.19. The molecule has 2 rings (SSSR count). The fraction of sp³-hybridized carbons (Fsp3) is 0.643. The lowest BCUT2D eigenvalue weighted by Gasteiger charge is -2.34. The summed E-state index contributed by atoms with van der Waals surface area (Å²) in [4.78, 5) is 16.8. The van der Waals surface area contributed by atoms with Crippen LogP contribution in [0.25, 0.3) is 0 Å². The van der Waals surface area contributed by atoms with Gasteiger partial charge in [-0.2, -0.15) is 0 Å². The van der Waals surface area contributed by atoms with Gasteiger partial charge in [0.05, 0.1) is 5.69 Å². The van der Waals surface area contributed by atoms with Crippen LogP contribution in [0.1, 0.15) is 33.6 Å². The zero-order valence-corrected chi connectivity index (χ0v) is 11.9. The molecule has 1 unspecified atom stereocenters. The molecule has 0 bridgehead atoms. The molecule has 1 saturated heterocycles. The van der Waals surface area contributed by atoms with E-state index in [-0.39, 0.29) is 12.1 Å². The second-order valence-corrected chi connectivity index (χ2v) is 6.01. The number of hydrogen-bond acceptors (Lipinski definition) is 3. The van der Waals surface area contributed by atoms with Gasteiger partial charge in [-0.3, -0.25) is 0 Å². The van der Waals surface area contributed by atoms with Gasteiger partial charge in [-0.15, -0.1) is 0 Å². The summed E-state index contributed by atoms with van der Waals surface area (Å²) in [6, 6.07) is 2.28. The van der Waals surface area contributed by atoms with Gasteiger partial charge in [0.25, 0.3) is 0 Å². The van der Waals surface area contributed by atoms with Crippen molar-refractivity contribution in [3.63, 3.8) is 0 Å². The van der Waals surface area contributed by atoms with Crippen molar-refractivity contribution in [2.75, 3.05) is 18.4 Å². The highest BCUT2D eigenvalue weighted by molar-refractivity contribution is 5.68. The number of nitrogens with zero attached hydrogens (tertiary/aromatic N) is 1. The minimum atomic E-state index is -0.432. The summed E-state index contributed by atoms with van der Waals surface area (Å²) in [6.45, 7) is 7.15. The van der Waals surface area contributed by atoms with Crippen LogP contribution in [-0.4, -0.2) is 40.7 Å². The monoisotopic (exact) mass is 265 g/mol. The first-order chi connectivity index (χ1) is 8.94. The van der Waals surface area contributed by atoms with Crippen molar-refractivity contribution in [1.29, 1.82) is 0 Å². The van der Waals surface area contributed by atoms with Gasteiger partial charge >= 0.3 is 6.09 Å². The molecule has 1 amide bonds. The standard InChI is InChI=1S/C14H23N3O2/c1-14(2,3)19-13(18)17-8-4-5-12(10-17)16-11-6-7-15-9-11/h6-7,9,12,15-16H,4-5,8,10H2,1-3H3. The topological polar surface area (TPSA) is 57.4 Å². The summed E-state index contributed by atoms with van der Waals surface area (Å²) in [7, 11) is 0. The van der Waals surface area contributed by atoms with Crippen LogP contribution < -0.4 is 5.32 Å². The summed E-state index contributed by atoms with van der Waals surface area (Å²) < 4.78 is 5.41. The van der Waals surface area contributed by atoms with Crippen LogP contribution in [0, 0.1) is 0 Å². The molecule has 1 aromatic rings. The maximum Gasteiger partial charge on any atom is 0.410 e. The number of aromatic nitrogens is 1. The summed E-state index contributed by atoms with van der Waals surface area (Å²) in [6.07, 6.45) is 5.67. The van der Waals surface area contributed by atoms with Gasteiger partial charge in [0.15, 0.2) is 0 Å². The van der Waals surface area contributed by atoms with Crippen LogP contribution in [0.15, 0.2) is 18.5 Å². The molecule has 0 spiro atoms. The average Bonchev–Trinajstić information content (AvgIpc) is 2.80. The van der Waals surface area contributed by atoms with Gasteiger partial charge < -0.3 is 19.9 Å². The van der Waals surface area contributed by atoms with E-state index < -0.39 is 5.60 Å². The van der Waals surface area contributed by atoms with Crippen molar-refractivity contribution in [1.82, 2.24) is 9.88 Å². The molecule has 5 nitrogen and oxygen atoms in total. The van der Waals surface area contributed by atoms with E-state index in [9.17, 15) is 4.79 Å². The van der Waals surface area contributed by atoms with Crippen molar-refractivity contribution in [3.8, 4) is 0 Å². The molecule has 1 aliphatic rings. The highest BCUT2D eigenvalue weighted by Gasteiger charge is 2.27. The third-order valence-corrected chi connectivity index (χ3v) is 3.04. The number of hydrogen-bond donors (Lipinski definition) is 2. The van der Waals surface area contributed by atoms with E-state index in [1.54, 1.807) is 4.90 Å². The lowest BCUT2D eigenvalue weighted by molar-refractivity contribution is 0.0206. The fourth-order valence-corrected chi connectivity index (χ4v) is 2.24. The Kier molecular flexibility index (Phi) is 4.02. The Labute approximate surface area is 114 Å². The number of likely N-dealkylation sites (tertiary alicyclic amines) is 1. The van der Waals surface area contributed by atoms with Crippen LogP contribution in [0.5, 0.6) is 0 Å². The van der Waals surface area contributed by atoms with E-state index in [2.05, 4.69) is 10.3 Å². The highest BCUT2D eigenvalue weighted by Crippen LogP contribution is 2.18. The second-order valence-electron chi connectivity index (χ2n) is 6.01. The molecule has 19 heavy (non-hydrogen) atoms. The zero-order chi connectivity index (χ0) is 13.9. The van der Waals surface area contributed by atoms with Crippen LogP contribution in [0.2, 0.25) is 0 Å². The molecule has 1 atom stereocenters. The van der Waals surface area contributed by atoms with Gasteiger partial charge in [0.1, 0.15) is 5.60 Å². The number of H-pyrrole nitrogens is 1. The van der Waals surface area contributed by atoms with E-state index in [1.165, 1.54) is 0 Å². The van der Waals surface area contributed by atoms with Gasteiger partial charge in [0.2, 0.25) is 0 Å². The molecule has 0 saturated carbocycles. The van der Waals surface area contributed by atoms with Crippen molar-refractivity contribution in [3.05, 3.63) is 18.5 Å². The molecule has 0 aromatic carbocycles. The molecule has 0 radical (unpaired) electrons. The number of carbonyl (C=O) groups is 1. The minimum absolute atomic E-state index is 0.215. The normalized spacial score (nSPS) is 20.2. The smallest absolute Gasteiger partial charge is 0.410 e. The molecule has 106 valence electrons. The number of nitrogens with one attached hydrogen (secondary N) is 2. The number of aromatic amines is 1. The lowest BCUT2D eigenvalue weighted by atomic mass is 10.1. The number of carbonyl (C=O) groups excluding carboxylic acids is 1. The Bertz CT molecular complexity index is 409. The van der Waals surface area contributed by atoms with E-state index in [4.69, 9.17) is 4.74 Å². The first-order valence-corrected chi connectivity index (χ1v) is 6.81. The average molecular weight is 265 g/mol. The number of ether oxygens (including phenoxy) is 1. The molecule has 2 heterocycles. The molecule has 5 heteroatoms. The second kappa shape index (κ2) is 5.55. The largest absolute Gasteiger partial charge is 0.444 e. The Balaban J connectivity index is 1.88. The molecule has 2 N–H and O–H groups in total. The van der Waals surface area contributed by atoms with E-state index in [0.717, 1.165) is 25.1 Å². The predicted molar refractivity (Wildman–Crippen MR) is 75.2 cm³/mol. The molecule has 0 aliphatic carbocycles. The Morgan fingerprint density at radius 2 is 2.32 bits per heavy atom. The highest BCUT2D eigenvalue weighted by atomic mass is 16.6. The van der Waals surface area contributed by atoms with E-state index >= 15 is 0 Å². The summed E-state index contributed by atoms with van der Waals surface area (Å²) in [5.41, 5.74) is 0.633. The molecular formula is C14H23N3O2. The maximum absolute atomic E-state index is 12.0. The Hall–Kier alpha value is -1.65. The number of amides is 1. The van der Waals surface area contributed by atoms with Gasteiger partial charge in [-0.25, -0.2) is 4.79 Å². The number of rotatable bonds is 2. The lowest BCUT2D eigenvalue weighted by Crippen LogP contribution is -2.46. The van der Waals surface area contributed by atoms with Crippen LogP contribution in [0.3, 0.4) is 0 Å². The minimum Gasteiger partial charge on any atom is -0.444 e. The third-order valence-electron chi connectivity index (χ3n) is 3.04. The molecule has 1 fully saturated rings. The Morgan fingerprint density at radius 3 is 2.95 bits per heavy atom. The fourth-order valence-electron chi connectivity index (χ4n) is 2.24. The zero-order valence-electron chi connectivity index (χ0n) is 11.9. The molecular weight excluding hydrogens is 242 g/mol. The van der Waals surface area contributed by atoms with Crippen molar-refractivity contribution >= 4 is 11.8 Å². The summed E-state index contributed by atoms with van der Waals surface area (Å²) in [5.74, 6) is 0. The summed E-state index contributed by atoms with van der Waals surface area (Å²) >= 11 is 0. The van der Waals surface area contributed by atoms with Crippen molar-refractivity contribution in [2.45, 2.75) is 45.3 Å². The van der Waals surface area contributed by atoms with Crippen LogP contribution in [-0.2, 0) is 4.74 Å². The van der Waals surface area contributed by atoms with Gasteiger partial charge in [-0.05, 0) is 39.7 Å². The SMILES string of the molecule is CC(C)(C)OC(=O)N1CCCC(Nc2cc[nH]c2)C1. The van der Waals surface area contributed by atoms with Gasteiger partial charge in [0, 0.05) is 31.5 Å². The van der Waals surface area contributed by atoms with Crippen LogP contribution >= 0.6 is 0 Å². The molecule has 1 aromatic heterocycles.